The van der Waals surface area contributed by atoms with E-state index in [4.69, 9.17) is 0 Å². The van der Waals surface area contributed by atoms with Crippen molar-refractivity contribution >= 4 is 41.8 Å². The Labute approximate surface area is 221 Å². The molecule has 34 heavy (non-hydrogen) atoms. The van der Waals surface area contributed by atoms with E-state index < -0.39 is 0 Å². The summed E-state index contributed by atoms with van der Waals surface area (Å²) in [6.07, 6.45) is 6.40. The average molecular weight is 576 g/mol. The molecular weight excluding hydrogens is 537 g/mol. The quantitative estimate of drug-likeness (QED) is 0.325. The van der Waals surface area contributed by atoms with Gasteiger partial charge in [-0.15, -0.1) is 24.0 Å². The number of piperazine rings is 2. The van der Waals surface area contributed by atoms with Gasteiger partial charge in [-0.05, 0) is 30.3 Å². The molecule has 0 aliphatic carbocycles. The minimum Gasteiger partial charge on any atom is -0.354 e. The first kappa shape index (κ1) is 26.4. The lowest BCUT2D eigenvalue weighted by molar-refractivity contribution is 0.194. The van der Waals surface area contributed by atoms with E-state index in [9.17, 15) is 0 Å². The minimum atomic E-state index is 0. The van der Waals surface area contributed by atoms with Gasteiger partial charge in [-0.3, -0.25) is 9.89 Å². The maximum absolute atomic E-state index is 4.61. The van der Waals surface area contributed by atoms with Crippen LogP contribution in [0.5, 0.6) is 0 Å². The molecule has 1 N–H and O–H groups in total. The van der Waals surface area contributed by atoms with Crippen LogP contribution in [0.2, 0.25) is 0 Å². The number of guanidine groups is 1. The fourth-order valence-corrected chi connectivity index (χ4v) is 4.34. The first-order chi connectivity index (χ1) is 16.2. The summed E-state index contributed by atoms with van der Waals surface area (Å²) >= 11 is 0. The molecule has 0 saturated carbocycles. The van der Waals surface area contributed by atoms with E-state index in [0.29, 0.717) is 0 Å². The summed E-state index contributed by atoms with van der Waals surface area (Å²) in [5.41, 5.74) is 2.50. The predicted molar refractivity (Wildman–Crippen MR) is 153 cm³/mol. The third-order valence-corrected chi connectivity index (χ3v) is 6.44. The van der Waals surface area contributed by atoms with Gasteiger partial charge < -0.3 is 20.0 Å². The second-order valence-corrected chi connectivity index (χ2v) is 8.81. The molecule has 1 aromatic carbocycles. The maximum atomic E-state index is 4.61. The first-order valence-electron chi connectivity index (χ1n) is 12.0. The van der Waals surface area contributed by atoms with Gasteiger partial charge in [0.15, 0.2) is 5.96 Å². The molecule has 0 radical (unpaired) electrons. The van der Waals surface area contributed by atoms with E-state index in [0.717, 1.165) is 77.2 Å². The van der Waals surface area contributed by atoms with Crippen molar-refractivity contribution in [3.05, 3.63) is 65.9 Å². The Bertz CT molecular complexity index is 918. The summed E-state index contributed by atoms with van der Waals surface area (Å²) in [5.74, 6) is 2.06. The zero-order chi connectivity index (χ0) is 22.9. The molecule has 2 aliphatic heterocycles. The van der Waals surface area contributed by atoms with Crippen molar-refractivity contribution in [1.82, 2.24) is 25.0 Å². The van der Waals surface area contributed by atoms with E-state index in [2.05, 4.69) is 96.6 Å². The Kier molecular flexibility index (Phi) is 10.6. The molecule has 0 unspecified atom stereocenters. The molecule has 0 amide bonds. The van der Waals surface area contributed by atoms with E-state index in [1.54, 1.807) is 0 Å². The molecule has 2 aliphatic rings. The Morgan fingerprint density at radius 2 is 1.74 bits per heavy atom. The molecule has 184 valence electrons. The van der Waals surface area contributed by atoms with Gasteiger partial charge in [0.2, 0.25) is 0 Å². The number of aliphatic imine (C=N–C) groups is 1. The minimum absolute atomic E-state index is 0. The monoisotopic (exact) mass is 575 g/mol. The van der Waals surface area contributed by atoms with E-state index >= 15 is 0 Å². The molecule has 2 fully saturated rings. The molecule has 2 aromatic rings. The van der Waals surface area contributed by atoms with Crippen LogP contribution in [-0.2, 0) is 6.54 Å². The van der Waals surface area contributed by atoms with Crippen molar-refractivity contribution in [2.45, 2.75) is 6.54 Å². The highest BCUT2D eigenvalue weighted by molar-refractivity contribution is 14.0. The number of nitrogens with one attached hydrogen (secondary N) is 1. The van der Waals surface area contributed by atoms with Gasteiger partial charge in [-0.25, -0.2) is 4.98 Å². The van der Waals surface area contributed by atoms with Crippen molar-refractivity contribution < 1.29 is 0 Å². The number of aromatic nitrogens is 1. The van der Waals surface area contributed by atoms with Crippen molar-refractivity contribution in [1.29, 1.82) is 0 Å². The average Bonchev–Trinajstić information content (AvgIpc) is 2.86. The lowest BCUT2D eigenvalue weighted by Gasteiger charge is -2.36. The molecule has 8 heteroatoms. The Balaban J connectivity index is 0.00000324. The van der Waals surface area contributed by atoms with Crippen LogP contribution in [0.3, 0.4) is 0 Å². The second kappa shape index (κ2) is 13.7. The number of likely N-dealkylation sites (N-methyl/N-ethyl adjacent to an activating group) is 1. The van der Waals surface area contributed by atoms with Gasteiger partial charge >= 0.3 is 0 Å². The van der Waals surface area contributed by atoms with E-state index in [1.807, 2.05) is 13.2 Å². The summed E-state index contributed by atoms with van der Waals surface area (Å²) < 4.78 is 0. The summed E-state index contributed by atoms with van der Waals surface area (Å²) in [5, 5.41) is 3.56. The van der Waals surface area contributed by atoms with Crippen molar-refractivity contribution in [3.8, 4) is 0 Å². The number of nitrogens with zero attached hydrogens (tertiary/aromatic N) is 6. The van der Waals surface area contributed by atoms with Gasteiger partial charge in [-0.1, -0.05) is 42.5 Å². The summed E-state index contributed by atoms with van der Waals surface area (Å²) in [6, 6.07) is 14.8. The highest BCUT2D eigenvalue weighted by Gasteiger charge is 2.19. The highest BCUT2D eigenvalue weighted by atomic mass is 127. The molecule has 7 nitrogen and oxygen atoms in total. The maximum Gasteiger partial charge on any atom is 0.194 e. The fourth-order valence-electron chi connectivity index (χ4n) is 4.34. The van der Waals surface area contributed by atoms with Crippen molar-refractivity contribution in [2.75, 3.05) is 77.9 Å². The van der Waals surface area contributed by atoms with Gasteiger partial charge in [0.05, 0.1) is 0 Å². The van der Waals surface area contributed by atoms with Crippen molar-refractivity contribution in [2.24, 2.45) is 4.99 Å². The normalized spacial score (nSPS) is 18.2. The van der Waals surface area contributed by atoms with Gasteiger partial charge in [0, 0.05) is 78.7 Å². The molecule has 4 rings (SSSR count). The first-order valence-corrected chi connectivity index (χ1v) is 12.0. The Hall–Kier alpha value is -2.17. The number of anilines is 1. The van der Waals surface area contributed by atoms with Gasteiger partial charge in [-0.2, -0.15) is 0 Å². The van der Waals surface area contributed by atoms with Crippen LogP contribution in [0.4, 0.5) is 5.82 Å². The molecular formula is C26H38IN7. The molecule has 1 aromatic heterocycles. The zero-order valence-electron chi connectivity index (χ0n) is 20.4. The number of pyridine rings is 1. The SMILES string of the molecule is CN=C(NCc1ccnc(N2CCN(C)CC2)c1)N1CCN(C/C=C/c2ccccc2)CC1.I. The van der Waals surface area contributed by atoms with Crippen LogP contribution in [0.1, 0.15) is 11.1 Å². The van der Waals surface area contributed by atoms with E-state index in [-0.39, 0.29) is 24.0 Å². The summed E-state index contributed by atoms with van der Waals surface area (Å²) in [6.45, 7) is 10.1. The van der Waals surface area contributed by atoms with Crippen LogP contribution in [0.15, 0.2) is 59.7 Å². The number of benzene rings is 1. The highest BCUT2D eigenvalue weighted by Crippen LogP contribution is 2.15. The molecule has 0 spiro atoms. The Morgan fingerprint density at radius 3 is 2.44 bits per heavy atom. The Morgan fingerprint density at radius 1 is 1.00 bits per heavy atom. The van der Waals surface area contributed by atoms with Crippen LogP contribution >= 0.6 is 24.0 Å². The third kappa shape index (κ3) is 7.68. The lowest BCUT2D eigenvalue weighted by atomic mass is 10.2. The number of hydrogen-bond acceptors (Lipinski definition) is 5. The number of hydrogen-bond donors (Lipinski definition) is 1. The third-order valence-electron chi connectivity index (χ3n) is 6.44. The predicted octanol–water partition coefficient (Wildman–Crippen LogP) is 2.86. The summed E-state index contributed by atoms with van der Waals surface area (Å²) in [7, 11) is 4.05. The largest absolute Gasteiger partial charge is 0.354 e. The summed E-state index contributed by atoms with van der Waals surface area (Å²) in [4.78, 5) is 18.7. The fraction of sp³-hybridized carbons (Fsp3) is 0.462. The van der Waals surface area contributed by atoms with Gasteiger partial charge in [0.1, 0.15) is 5.82 Å². The van der Waals surface area contributed by atoms with Crippen LogP contribution in [0, 0.1) is 0 Å². The molecule has 0 bridgehead atoms. The second-order valence-electron chi connectivity index (χ2n) is 8.81. The number of rotatable bonds is 6. The lowest BCUT2D eigenvalue weighted by Crippen LogP contribution is -2.52. The van der Waals surface area contributed by atoms with Crippen LogP contribution in [0.25, 0.3) is 6.08 Å². The van der Waals surface area contributed by atoms with Crippen LogP contribution < -0.4 is 10.2 Å². The molecule has 3 heterocycles. The standard InChI is InChI=1S/C26H37N7.HI/c1-27-26(29-22-24-10-11-28-25(21-24)32-17-13-30(2)14-18-32)33-19-15-31(16-20-33)12-6-9-23-7-4-3-5-8-23;/h3-11,21H,12-20,22H2,1-2H3,(H,27,29);1H/b9-6+;. The molecule has 2 saturated heterocycles. The zero-order valence-corrected chi connectivity index (χ0v) is 22.8. The van der Waals surface area contributed by atoms with Gasteiger partial charge in [0.25, 0.3) is 0 Å². The van der Waals surface area contributed by atoms with Crippen LogP contribution in [-0.4, -0.2) is 98.6 Å². The van der Waals surface area contributed by atoms with Crippen molar-refractivity contribution in [3.63, 3.8) is 0 Å². The van der Waals surface area contributed by atoms with E-state index in [1.165, 1.54) is 11.1 Å². The smallest absolute Gasteiger partial charge is 0.194 e. The number of halogens is 1. The molecule has 0 atom stereocenters. The topological polar surface area (TPSA) is 50.2 Å².